The van der Waals surface area contributed by atoms with Gasteiger partial charge in [0, 0.05) is 50.3 Å². The third-order valence-corrected chi connectivity index (χ3v) is 7.71. The van der Waals surface area contributed by atoms with Crippen LogP contribution < -0.4 is 0 Å². The third kappa shape index (κ3) is 8.44. The number of rotatable bonds is 12. The molecule has 1 aliphatic rings. The smallest absolute Gasteiger partial charge is 0.385 e. The number of aromatic nitrogens is 1. The molecule has 0 atom stereocenters. The average molecular weight is 588 g/mol. The molecule has 1 aromatic heterocycles. The van der Waals surface area contributed by atoms with Crippen LogP contribution in [0.25, 0.3) is 0 Å². The standard InChI is InChI=1S/C32H37F4N3O3/c1-42-20-6-19-38(31(41)25-12-14-26(15-13-25)32(34,35)36)23-30(40)39(28-7-3-2-4-8-28)22-29-9-5-18-37(29)21-24-10-16-27(33)17-11-24/h5,9-18,28H,2-4,6-8,19-23H2,1H3. The van der Waals surface area contributed by atoms with Gasteiger partial charge in [0.25, 0.3) is 5.91 Å². The highest BCUT2D eigenvalue weighted by molar-refractivity contribution is 5.96. The Morgan fingerprint density at radius 1 is 0.976 bits per heavy atom. The molecular formula is C32H37F4N3O3. The largest absolute Gasteiger partial charge is 0.416 e. The molecule has 1 saturated carbocycles. The molecule has 2 amide bonds. The molecule has 2 aromatic carbocycles. The Balaban J connectivity index is 1.54. The molecule has 226 valence electrons. The van der Waals surface area contributed by atoms with Crippen molar-refractivity contribution in [2.45, 2.75) is 63.8 Å². The van der Waals surface area contributed by atoms with Crippen LogP contribution in [0.1, 0.15) is 65.7 Å². The first-order valence-electron chi connectivity index (χ1n) is 14.3. The highest BCUT2D eigenvalue weighted by Crippen LogP contribution is 2.29. The van der Waals surface area contributed by atoms with Crippen molar-refractivity contribution in [3.8, 4) is 0 Å². The minimum absolute atomic E-state index is 0.0161. The number of alkyl halides is 3. The maximum Gasteiger partial charge on any atom is 0.416 e. The van der Waals surface area contributed by atoms with Crippen LogP contribution in [-0.2, 0) is 28.8 Å². The molecule has 0 N–H and O–H groups in total. The van der Waals surface area contributed by atoms with Crippen LogP contribution >= 0.6 is 0 Å². The number of nitrogens with zero attached hydrogens (tertiary/aromatic N) is 3. The lowest BCUT2D eigenvalue weighted by Gasteiger charge is -2.36. The second-order valence-corrected chi connectivity index (χ2v) is 10.7. The predicted molar refractivity (Wildman–Crippen MR) is 151 cm³/mol. The molecule has 1 aliphatic carbocycles. The second-order valence-electron chi connectivity index (χ2n) is 10.7. The van der Waals surface area contributed by atoms with Crippen molar-refractivity contribution in [1.82, 2.24) is 14.4 Å². The second kappa shape index (κ2) is 14.5. The topological polar surface area (TPSA) is 54.8 Å². The number of benzene rings is 2. The lowest BCUT2D eigenvalue weighted by atomic mass is 9.94. The summed E-state index contributed by atoms with van der Waals surface area (Å²) < 4.78 is 59.8. The van der Waals surface area contributed by atoms with Gasteiger partial charge in [0.1, 0.15) is 12.4 Å². The van der Waals surface area contributed by atoms with E-state index >= 15 is 0 Å². The van der Waals surface area contributed by atoms with Gasteiger partial charge in [0.05, 0.1) is 12.1 Å². The number of hydrogen-bond donors (Lipinski definition) is 0. The molecule has 0 radical (unpaired) electrons. The molecule has 6 nitrogen and oxygen atoms in total. The fraction of sp³-hybridized carbons (Fsp3) is 0.438. The van der Waals surface area contributed by atoms with Crippen molar-refractivity contribution in [1.29, 1.82) is 0 Å². The number of ether oxygens (including phenoxy) is 1. The maximum absolute atomic E-state index is 13.9. The Morgan fingerprint density at radius 3 is 2.31 bits per heavy atom. The van der Waals surface area contributed by atoms with E-state index in [0.29, 0.717) is 26.1 Å². The summed E-state index contributed by atoms with van der Waals surface area (Å²) in [5.41, 5.74) is 1.09. The summed E-state index contributed by atoms with van der Waals surface area (Å²) in [6.07, 6.45) is 2.73. The summed E-state index contributed by atoms with van der Waals surface area (Å²) in [6.45, 7) is 1.26. The molecule has 1 heterocycles. The molecule has 42 heavy (non-hydrogen) atoms. The lowest BCUT2D eigenvalue weighted by molar-refractivity contribution is -0.137. The summed E-state index contributed by atoms with van der Waals surface area (Å²) in [5.74, 6) is -1.02. The molecule has 1 fully saturated rings. The van der Waals surface area contributed by atoms with Crippen LogP contribution in [0.2, 0.25) is 0 Å². The van der Waals surface area contributed by atoms with E-state index in [2.05, 4.69) is 0 Å². The van der Waals surface area contributed by atoms with Gasteiger partial charge in [-0.15, -0.1) is 0 Å². The van der Waals surface area contributed by atoms with Gasteiger partial charge in [-0.05, 0) is 73.4 Å². The number of carbonyl (C=O) groups is 2. The zero-order valence-electron chi connectivity index (χ0n) is 23.8. The summed E-state index contributed by atoms with van der Waals surface area (Å²) in [5, 5.41) is 0. The van der Waals surface area contributed by atoms with Crippen molar-refractivity contribution < 1.29 is 31.9 Å². The average Bonchev–Trinajstić information content (AvgIpc) is 3.42. The molecule has 10 heteroatoms. The van der Waals surface area contributed by atoms with E-state index in [1.54, 1.807) is 19.2 Å². The van der Waals surface area contributed by atoms with Crippen molar-refractivity contribution in [2.75, 3.05) is 26.8 Å². The fourth-order valence-corrected chi connectivity index (χ4v) is 5.41. The molecule has 0 bridgehead atoms. The van der Waals surface area contributed by atoms with Gasteiger partial charge in [-0.1, -0.05) is 31.4 Å². The molecule has 0 saturated heterocycles. The summed E-state index contributed by atoms with van der Waals surface area (Å²) >= 11 is 0. The molecule has 0 spiro atoms. The zero-order chi connectivity index (χ0) is 30.1. The van der Waals surface area contributed by atoms with Gasteiger partial charge in [-0.3, -0.25) is 9.59 Å². The maximum atomic E-state index is 13.9. The Morgan fingerprint density at radius 2 is 1.67 bits per heavy atom. The molecule has 0 unspecified atom stereocenters. The lowest BCUT2D eigenvalue weighted by Crippen LogP contribution is -2.48. The first kappa shape index (κ1) is 31.3. The monoisotopic (exact) mass is 587 g/mol. The van der Waals surface area contributed by atoms with Crippen LogP contribution in [0.3, 0.4) is 0 Å². The van der Waals surface area contributed by atoms with Crippen LogP contribution in [0.4, 0.5) is 17.6 Å². The summed E-state index contributed by atoms with van der Waals surface area (Å²) in [7, 11) is 1.54. The molecule has 3 aromatic rings. The van der Waals surface area contributed by atoms with Crippen molar-refractivity contribution in [3.63, 3.8) is 0 Å². The summed E-state index contributed by atoms with van der Waals surface area (Å²) in [6, 6.07) is 14.2. The van der Waals surface area contributed by atoms with Crippen molar-refractivity contribution in [3.05, 3.63) is 95.1 Å². The van der Waals surface area contributed by atoms with Crippen LogP contribution in [0.5, 0.6) is 0 Å². The van der Waals surface area contributed by atoms with Crippen LogP contribution in [0.15, 0.2) is 66.9 Å². The Kier molecular flexibility index (Phi) is 10.8. The molecule has 0 aliphatic heterocycles. The Labute approximate surface area is 243 Å². The number of amides is 2. The highest BCUT2D eigenvalue weighted by Gasteiger charge is 2.32. The first-order chi connectivity index (χ1) is 20.2. The minimum atomic E-state index is -4.51. The fourth-order valence-electron chi connectivity index (χ4n) is 5.41. The SMILES string of the molecule is COCCCN(CC(=O)N(Cc1cccn1Cc1ccc(F)cc1)C1CCCCC1)C(=O)c1ccc(C(F)(F)F)cc1. The normalized spacial score (nSPS) is 14.1. The van der Waals surface area contributed by atoms with E-state index < -0.39 is 17.6 Å². The van der Waals surface area contributed by atoms with E-state index in [0.717, 1.165) is 67.6 Å². The quantitative estimate of drug-likeness (QED) is 0.179. The van der Waals surface area contributed by atoms with Crippen LogP contribution in [-0.4, -0.2) is 59.0 Å². The summed E-state index contributed by atoms with van der Waals surface area (Å²) in [4.78, 5) is 30.6. The van der Waals surface area contributed by atoms with Gasteiger partial charge in [-0.25, -0.2) is 4.39 Å². The van der Waals surface area contributed by atoms with E-state index in [4.69, 9.17) is 4.74 Å². The number of halogens is 4. The van der Waals surface area contributed by atoms with Crippen molar-refractivity contribution in [2.24, 2.45) is 0 Å². The van der Waals surface area contributed by atoms with Gasteiger partial charge in [-0.2, -0.15) is 13.2 Å². The Hall–Kier alpha value is -3.66. The van der Waals surface area contributed by atoms with E-state index in [9.17, 15) is 27.2 Å². The third-order valence-electron chi connectivity index (χ3n) is 7.71. The van der Waals surface area contributed by atoms with E-state index in [1.165, 1.54) is 17.0 Å². The van der Waals surface area contributed by atoms with Gasteiger partial charge >= 0.3 is 6.18 Å². The number of hydrogen-bond acceptors (Lipinski definition) is 3. The van der Waals surface area contributed by atoms with Gasteiger partial charge in [0.15, 0.2) is 0 Å². The van der Waals surface area contributed by atoms with E-state index in [1.807, 2.05) is 27.8 Å². The molecule has 4 rings (SSSR count). The van der Waals surface area contributed by atoms with E-state index in [-0.39, 0.29) is 36.4 Å². The van der Waals surface area contributed by atoms with Crippen LogP contribution in [0, 0.1) is 5.82 Å². The molecular weight excluding hydrogens is 550 g/mol. The first-order valence-corrected chi connectivity index (χ1v) is 14.3. The van der Waals surface area contributed by atoms with Gasteiger partial charge in [0.2, 0.25) is 5.91 Å². The van der Waals surface area contributed by atoms with Gasteiger partial charge < -0.3 is 19.1 Å². The number of carbonyl (C=O) groups excluding carboxylic acids is 2. The minimum Gasteiger partial charge on any atom is -0.385 e. The van der Waals surface area contributed by atoms with Crippen molar-refractivity contribution >= 4 is 11.8 Å². The predicted octanol–water partition coefficient (Wildman–Crippen LogP) is 6.53. The Bertz CT molecular complexity index is 1300. The number of methoxy groups -OCH3 is 1. The highest BCUT2D eigenvalue weighted by atomic mass is 19.4. The zero-order valence-corrected chi connectivity index (χ0v) is 23.8.